The third kappa shape index (κ3) is 4.63. The van der Waals surface area contributed by atoms with Crippen LogP contribution in [-0.4, -0.2) is 23.0 Å². The van der Waals surface area contributed by atoms with Gasteiger partial charge in [0.05, 0.1) is 11.4 Å². The fourth-order valence-corrected chi connectivity index (χ4v) is 2.10. The van der Waals surface area contributed by atoms with E-state index >= 15 is 0 Å². The van der Waals surface area contributed by atoms with Crippen LogP contribution in [0, 0.1) is 5.92 Å². The molecule has 0 aliphatic rings. The molecule has 0 spiro atoms. The first-order valence-corrected chi connectivity index (χ1v) is 6.87. The van der Waals surface area contributed by atoms with Gasteiger partial charge in [0.1, 0.15) is 0 Å². The van der Waals surface area contributed by atoms with Crippen molar-refractivity contribution in [2.24, 2.45) is 11.8 Å². The third-order valence-corrected chi connectivity index (χ3v) is 3.49. The first-order chi connectivity index (χ1) is 8.73. The van der Waals surface area contributed by atoms with Gasteiger partial charge in [0, 0.05) is 19.3 Å². The predicted molar refractivity (Wildman–Crippen MR) is 77.1 cm³/mol. The summed E-state index contributed by atoms with van der Waals surface area (Å²) in [5, 5.41) is 0. The zero-order valence-corrected chi connectivity index (χ0v) is 11.8. The van der Waals surface area contributed by atoms with Crippen molar-refractivity contribution in [3.63, 3.8) is 0 Å². The van der Waals surface area contributed by atoms with Crippen LogP contribution < -0.4 is 11.3 Å². The monoisotopic (exact) mass is 250 g/mol. The number of nitrogens with one attached hydrogen (secondary N) is 1. The van der Waals surface area contributed by atoms with E-state index in [1.54, 1.807) is 6.20 Å². The Kier molecular flexibility index (Phi) is 6.68. The smallest absolute Gasteiger partial charge is 0.0564 e. The fraction of sp³-hybridized carbons (Fsp3) is 0.643. The molecule has 0 unspecified atom stereocenters. The normalized spacial score (nSPS) is 11.2. The highest BCUT2D eigenvalue weighted by Crippen LogP contribution is 2.13. The Labute approximate surface area is 111 Å². The summed E-state index contributed by atoms with van der Waals surface area (Å²) in [5.41, 5.74) is 4.65. The van der Waals surface area contributed by atoms with Gasteiger partial charge in [0.25, 0.3) is 0 Å². The average Bonchev–Trinajstić information content (AvgIpc) is 2.43. The lowest BCUT2D eigenvalue weighted by Gasteiger charge is -2.24. The van der Waals surface area contributed by atoms with Gasteiger partial charge in [0.2, 0.25) is 0 Å². The number of hydrogen-bond acceptors (Lipinski definition) is 4. The minimum Gasteiger partial charge on any atom is -0.324 e. The van der Waals surface area contributed by atoms with Gasteiger partial charge in [-0.15, -0.1) is 0 Å². The first-order valence-electron chi connectivity index (χ1n) is 6.87. The fourth-order valence-electron chi connectivity index (χ4n) is 2.10. The molecule has 0 saturated heterocycles. The van der Waals surface area contributed by atoms with E-state index in [0.717, 1.165) is 36.9 Å². The summed E-state index contributed by atoms with van der Waals surface area (Å²) < 4.78 is 0. The molecule has 1 aromatic rings. The topological polar surface area (TPSA) is 54.2 Å². The number of hydrogen-bond donors (Lipinski definition) is 2. The quantitative estimate of drug-likeness (QED) is 0.550. The van der Waals surface area contributed by atoms with Gasteiger partial charge in [-0.25, -0.2) is 0 Å². The number of nitrogens with zero attached hydrogens (tertiary/aromatic N) is 2. The Balaban J connectivity index is 2.61. The highest BCUT2D eigenvalue weighted by Gasteiger charge is 2.11. The largest absolute Gasteiger partial charge is 0.324 e. The van der Waals surface area contributed by atoms with Crippen LogP contribution in [0.4, 0.5) is 5.69 Å². The molecule has 0 radical (unpaired) electrons. The second-order valence-electron chi connectivity index (χ2n) is 4.69. The van der Waals surface area contributed by atoms with Crippen LogP contribution in [0.1, 0.15) is 39.3 Å². The third-order valence-electron chi connectivity index (χ3n) is 3.49. The minimum atomic E-state index is 0.778. The molecule has 0 atom stereocenters. The first kappa shape index (κ1) is 14.9. The Bertz CT molecular complexity index is 336. The number of hydrazine groups is 1. The van der Waals surface area contributed by atoms with Crippen molar-refractivity contribution in [2.75, 3.05) is 18.5 Å². The van der Waals surface area contributed by atoms with E-state index in [1.807, 2.05) is 12.1 Å². The average molecular weight is 250 g/mol. The molecule has 1 heterocycles. The predicted octanol–water partition coefficient (Wildman–Crippen LogP) is 2.63. The van der Waals surface area contributed by atoms with Crippen LogP contribution in [0.3, 0.4) is 0 Å². The second-order valence-corrected chi connectivity index (χ2v) is 4.69. The van der Waals surface area contributed by atoms with E-state index in [2.05, 4.69) is 36.1 Å². The van der Waals surface area contributed by atoms with Gasteiger partial charge in [-0.05, 0) is 24.6 Å². The minimum absolute atomic E-state index is 0.778. The molecule has 1 rings (SSSR count). The summed E-state index contributed by atoms with van der Waals surface area (Å²) in [6, 6.07) is 3.89. The number of anilines is 1. The molecular weight excluding hydrogens is 224 g/mol. The highest BCUT2D eigenvalue weighted by molar-refractivity contribution is 5.41. The van der Waals surface area contributed by atoms with Gasteiger partial charge in [-0.3, -0.25) is 15.7 Å². The molecule has 102 valence electrons. The van der Waals surface area contributed by atoms with E-state index in [4.69, 9.17) is 5.84 Å². The molecule has 0 aliphatic heterocycles. The van der Waals surface area contributed by atoms with E-state index in [1.165, 1.54) is 12.8 Å². The van der Waals surface area contributed by atoms with E-state index < -0.39 is 0 Å². The van der Waals surface area contributed by atoms with Gasteiger partial charge in [-0.1, -0.05) is 33.6 Å². The molecule has 4 nitrogen and oxygen atoms in total. The van der Waals surface area contributed by atoms with Gasteiger partial charge < -0.3 is 5.43 Å². The zero-order valence-electron chi connectivity index (χ0n) is 11.8. The van der Waals surface area contributed by atoms with Gasteiger partial charge in [0.15, 0.2) is 0 Å². The summed E-state index contributed by atoms with van der Waals surface area (Å²) in [6.45, 7) is 9.82. The van der Waals surface area contributed by atoms with Crippen molar-refractivity contribution in [2.45, 2.75) is 40.2 Å². The van der Waals surface area contributed by atoms with Crippen molar-refractivity contribution in [1.29, 1.82) is 0 Å². The zero-order chi connectivity index (χ0) is 13.4. The van der Waals surface area contributed by atoms with Crippen molar-refractivity contribution < 1.29 is 0 Å². The Morgan fingerprint density at radius 1 is 1.33 bits per heavy atom. The molecule has 1 aromatic heterocycles. The molecule has 0 aliphatic carbocycles. The summed E-state index contributed by atoms with van der Waals surface area (Å²) in [5.74, 6) is 6.19. The Morgan fingerprint density at radius 2 is 2.06 bits per heavy atom. The van der Waals surface area contributed by atoms with E-state index in [0.29, 0.717) is 0 Å². The van der Waals surface area contributed by atoms with Crippen LogP contribution in [0.2, 0.25) is 0 Å². The number of rotatable bonds is 8. The number of pyridine rings is 1. The van der Waals surface area contributed by atoms with Crippen molar-refractivity contribution in [3.8, 4) is 0 Å². The van der Waals surface area contributed by atoms with E-state index in [-0.39, 0.29) is 0 Å². The maximum absolute atomic E-state index is 5.41. The SMILES string of the molecule is CCC(CC)CN(CC)Cc1cc(NN)ccn1. The van der Waals surface area contributed by atoms with E-state index in [9.17, 15) is 0 Å². The number of aromatic nitrogens is 1. The van der Waals surface area contributed by atoms with Gasteiger partial charge in [-0.2, -0.15) is 0 Å². The molecule has 0 saturated carbocycles. The van der Waals surface area contributed by atoms with Crippen molar-refractivity contribution in [3.05, 3.63) is 24.0 Å². The molecule has 0 aromatic carbocycles. The second kappa shape index (κ2) is 8.06. The molecule has 18 heavy (non-hydrogen) atoms. The van der Waals surface area contributed by atoms with Crippen LogP contribution in [0.5, 0.6) is 0 Å². The highest BCUT2D eigenvalue weighted by atomic mass is 15.2. The van der Waals surface area contributed by atoms with Gasteiger partial charge >= 0.3 is 0 Å². The van der Waals surface area contributed by atoms with Crippen LogP contribution in [-0.2, 0) is 6.54 Å². The molecule has 4 heteroatoms. The molecular formula is C14H26N4. The molecule has 0 amide bonds. The lowest BCUT2D eigenvalue weighted by atomic mass is 10.0. The summed E-state index contributed by atoms with van der Waals surface area (Å²) in [4.78, 5) is 6.84. The van der Waals surface area contributed by atoms with Crippen LogP contribution in [0.25, 0.3) is 0 Å². The molecule has 0 bridgehead atoms. The molecule has 3 N–H and O–H groups in total. The van der Waals surface area contributed by atoms with Crippen LogP contribution in [0.15, 0.2) is 18.3 Å². The Morgan fingerprint density at radius 3 is 2.61 bits per heavy atom. The standard InChI is InChI=1S/C14H26N4/c1-4-12(5-2)10-18(6-3)11-14-9-13(17-15)7-8-16-14/h7-9,12H,4-6,10-11,15H2,1-3H3,(H,16,17). The lowest BCUT2D eigenvalue weighted by molar-refractivity contribution is 0.224. The van der Waals surface area contributed by atoms with Crippen molar-refractivity contribution >= 4 is 5.69 Å². The Hall–Kier alpha value is -1.13. The number of nitrogens with two attached hydrogens (primary N) is 1. The maximum atomic E-state index is 5.41. The number of nitrogen functional groups attached to an aromatic ring is 1. The summed E-state index contributed by atoms with van der Waals surface area (Å²) in [6.07, 6.45) is 4.28. The van der Waals surface area contributed by atoms with Crippen LogP contribution >= 0.6 is 0 Å². The summed E-state index contributed by atoms with van der Waals surface area (Å²) >= 11 is 0. The van der Waals surface area contributed by atoms with Crippen molar-refractivity contribution in [1.82, 2.24) is 9.88 Å². The maximum Gasteiger partial charge on any atom is 0.0564 e. The summed E-state index contributed by atoms with van der Waals surface area (Å²) in [7, 11) is 0. The lowest BCUT2D eigenvalue weighted by Crippen LogP contribution is -2.29. The molecule has 0 fully saturated rings.